The van der Waals surface area contributed by atoms with Gasteiger partial charge in [0.15, 0.2) is 0 Å². The lowest BCUT2D eigenvalue weighted by atomic mass is 10.2. The molecule has 0 bridgehead atoms. The van der Waals surface area contributed by atoms with Gasteiger partial charge in [0, 0.05) is 29.2 Å². The standard InChI is InChI=1S/C14H12NO2S/c16-15(17)13-6-8-14(9-7-13)18-11-10-12-4-2-1-3-5-12/h1-10H,11H2. The summed E-state index contributed by atoms with van der Waals surface area (Å²) >= 11 is 1.66. The van der Waals surface area contributed by atoms with E-state index >= 15 is 0 Å². The highest BCUT2D eigenvalue weighted by atomic mass is 32.2. The van der Waals surface area contributed by atoms with Crippen LogP contribution in [0.3, 0.4) is 0 Å². The molecule has 0 aromatic heterocycles. The third-order valence-corrected chi connectivity index (χ3v) is 3.35. The molecule has 1 radical (unpaired) electrons. The molecule has 0 aliphatic carbocycles. The predicted molar refractivity (Wildman–Crippen MR) is 73.7 cm³/mol. The zero-order chi connectivity index (χ0) is 12.8. The van der Waals surface area contributed by atoms with Gasteiger partial charge in [-0.3, -0.25) is 10.1 Å². The van der Waals surface area contributed by atoms with Gasteiger partial charge < -0.3 is 0 Å². The van der Waals surface area contributed by atoms with E-state index in [9.17, 15) is 10.1 Å². The van der Waals surface area contributed by atoms with Crippen LogP contribution in [-0.4, -0.2) is 10.7 Å². The molecule has 0 amide bonds. The number of hydrogen-bond acceptors (Lipinski definition) is 3. The van der Waals surface area contributed by atoms with Crippen LogP contribution in [0.25, 0.3) is 0 Å². The summed E-state index contributed by atoms with van der Waals surface area (Å²) in [5.41, 5.74) is 1.32. The van der Waals surface area contributed by atoms with E-state index in [4.69, 9.17) is 0 Å². The number of hydrogen-bond donors (Lipinski definition) is 0. The van der Waals surface area contributed by atoms with Crippen LogP contribution >= 0.6 is 11.8 Å². The van der Waals surface area contributed by atoms with Crippen LogP contribution in [0.1, 0.15) is 5.56 Å². The third-order valence-electron chi connectivity index (χ3n) is 2.42. The van der Waals surface area contributed by atoms with Crippen LogP contribution in [0.4, 0.5) is 5.69 Å². The molecule has 2 aromatic rings. The van der Waals surface area contributed by atoms with Crippen LogP contribution in [0, 0.1) is 16.5 Å². The van der Waals surface area contributed by atoms with Gasteiger partial charge in [0.05, 0.1) is 4.92 Å². The number of non-ortho nitro benzene ring substituents is 1. The second-order valence-electron chi connectivity index (χ2n) is 3.68. The fourth-order valence-electron chi connectivity index (χ4n) is 1.49. The van der Waals surface area contributed by atoms with Gasteiger partial charge in [-0.25, -0.2) is 0 Å². The molecule has 0 unspecified atom stereocenters. The molecule has 0 saturated heterocycles. The summed E-state index contributed by atoms with van der Waals surface area (Å²) in [6.45, 7) is 0. The number of thioether (sulfide) groups is 1. The lowest BCUT2D eigenvalue weighted by molar-refractivity contribution is -0.384. The molecular formula is C14H12NO2S. The topological polar surface area (TPSA) is 43.1 Å². The van der Waals surface area contributed by atoms with Gasteiger partial charge >= 0.3 is 0 Å². The maximum absolute atomic E-state index is 10.5. The Hall–Kier alpha value is -1.81. The maximum atomic E-state index is 10.5. The van der Waals surface area contributed by atoms with E-state index in [1.807, 2.05) is 18.2 Å². The summed E-state index contributed by atoms with van der Waals surface area (Å²) in [7, 11) is 0. The Morgan fingerprint density at radius 3 is 2.33 bits per heavy atom. The average molecular weight is 258 g/mol. The van der Waals surface area contributed by atoms with E-state index in [0.29, 0.717) is 0 Å². The number of nitrogens with zero attached hydrogens (tertiary/aromatic N) is 1. The van der Waals surface area contributed by atoms with Crippen molar-refractivity contribution in [2.45, 2.75) is 4.90 Å². The molecule has 91 valence electrons. The van der Waals surface area contributed by atoms with Crippen molar-refractivity contribution in [1.29, 1.82) is 0 Å². The van der Waals surface area contributed by atoms with Crippen LogP contribution in [0.2, 0.25) is 0 Å². The Morgan fingerprint density at radius 1 is 1.06 bits per heavy atom. The van der Waals surface area contributed by atoms with Gasteiger partial charge in [0.2, 0.25) is 0 Å². The van der Waals surface area contributed by atoms with E-state index in [2.05, 4.69) is 18.6 Å². The third kappa shape index (κ3) is 3.60. The summed E-state index contributed by atoms with van der Waals surface area (Å²) in [6, 6.07) is 16.7. The zero-order valence-electron chi connectivity index (χ0n) is 9.65. The largest absolute Gasteiger partial charge is 0.269 e. The lowest BCUT2D eigenvalue weighted by Gasteiger charge is -2.01. The first kappa shape index (κ1) is 12.6. The van der Waals surface area contributed by atoms with Crippen molar-refractivity contribution in [2.75, 3.05) is 5.75 Å². The van der Waals surface area contributed by atoms with Crippen molar-refractivity contribution in [3.63, 3.8) is 0 Å². The van der Waals surface area contributed by atoms with Gasteiger partial charge in [-0.05, 0) is 17.7 Å². The second kappa shape index (κ2) is 6.21. The van der Waals surface area contributed by atoms with Crippen molar-refractivity contribution in [1.82, 2.24) is 0 Å². The molecule has 0 fully saturated rings. The molecule has 0 aliphatic heterocycles. The minimum atomic E-state index is -0.384. The van der Waals surface area contributed by atoms with Crippen LogP contribution in [0.5, 0.6) is 0 Å². The summed E-state index contributed by atoms with van der Waals surface area (Å²) in [4.78, 5) is 11.2. The Kier molecular flexibility index (Phi) is 4.36. The molecular weight excluding hydrogens is 246 g/mol. The van der Waals surface area contributed by atoms with E-state index in [0.717, 1.165) is 10.6 Å². The summed E-state index contributed by atoms with van der Waals surface area (Å²) < 4.78 is 0. The zero-order valence-corrected chi connectivity index (χ0v) is 10.5. The van der Waals surface area contributed by atoms with Crippen molar-refractivity contribution >= 4 is 17.4 Å². The number of rotatable bonds is 5. The number of benzene rings is 2. The highest BCUT2D eigenvalue weighted by Crippen LogP contribution is 2.22. The van der Waals surface area contributed by atoms with Gasteiger partial charge in [-0.15, -0.1) is 11.8 Å². The molecule has 0 heterocycles. The molecule has 18 heavy (non-hydrogen) atoms. The number of nitro groups is 1. The predicted octanol–water partition coefficient (Wildman–Crippen LogP) is 3.94. The molecule has 0 saturated carbocycles. The molecule has 0 atom stereocenters. The summed E-state index contributed by atoms with van der Waals surface area (Å²) in [5, 5.41) is 10.5. The molecule has 3 nitrogen and oxygen atoms in total. The van der Waals surface area contributed by atoms with Gasteiger partial charge in [0.25, 0.3) is 5.69 Å². The van der Waals surface area contributed by atoms with E-state index in [1.54, 1.807) is 23.9 Å². The highest BCUT2D eigenvalue weighted by Gasteiger charge is 2.03. The highest BCUT2D eigenvalue weighted by molar-refractivity contribution is 7.99. The molecule has 0 N–H and O–H groups in total. The first-order valence-electron chi connectivity index (χ1n) is 5.51. The molecule has 2 aromatic carbocycles. The number of nitro benzene ring substituents is 1. The van der Waals surface area contributed by atoms with Crippen molar-refractivity contribution in [3.05, 3.63) is 76.7 Å². The van der Waals surface area contributed by atoms with Gasteiger partial charge in [0.1, 0.15) is 0 Å². The first-order chi connectivity index (χ1) is 8.75. The Morgan fingerprint density at radius 2 is 1.72 bits per heavy atom. The lowest BCUT2D eigenvalue weighted by Crippen LogP contribution is -1.87. The van der Waals surface area contributed by atoms with Gasteiger partial charge in [-0.1, -0.05) is 30.3 Å². The van der Waals surface area contributed by atoms with E-state index in [1.165, 1.54) is 17.7 Å². The van der Waals surface area contributed by atoms with Crippen LogP contribution in [0.15, 0.2) is 59.5 Å². The van der Waals surface area contributed by atoms with Crippen molar-refractivity contribution in [3.8, 4) is 0 Å². The SMILES string of the molecule is O=[N+]([O-])c1ccc(SC[CH]c2ccccc2)cc1. The van der Waals surface area contributed by atoms with Crippen LogP contribution in [-0.2, 0) is 0 Å². The Balaban J connectivity index is 1.85. The fraction of sp³-hybridized carbons (Fsp3) is 0.0714. The average Bonchev–Trinajstić information content (AvgIpc) is 2.40. The van der Waals surface area contributed by atoms with E-state index < -0.39 is 0 Å². The molecule has 2 rings (SSSR count). The van der Waals surface area contributed by atoms with E-state index in [-0.39, 0.29) is 10.6 Å². The van der Waals surface area contributed by atoms with Crippen LogP contribution < -0.4 is 0 Å². The summed E-state index contributed by atoms with van der Waals surface area (Å²) in [5.74, 6) is 0.849. The molecule has 4 heteroatoms. The Bertz CT molecular complexity index is 511. The molecule has 0 spiro atoms. The fourth-order valence-corrected chi connectivity index (χ4v) is 2.28. The minimum absolute atomic E-state index is 0.131. The molecule has 0 aliphatic rings. The quantitative estimate of drug-likeness (QED) is 0.463. The smallest absolute Gasteiger partial charge is 0.258 e. The van der Waals surface area contributed by atoms with Crippen molar-refractivity contribution in [2.24, 2.45) is 0 Å². The normalized spacial score (nSPS) is 10.2. The van der Waals surface area contributed by atoms with Gasteiger partial charge in [-0.2, -0.15) is 0 Å². The monoisotopic (exact) mass is 258 g/mol. The summed E-state index contributed by atoms with van der Waals surface area (Å²) in [6.07, 6.45) is 2.13. The first-order valence-corrected chi connectivity index (χ1v) is 6.50. The Labute approximate surface area is 110 Å². The van der Waals surface area contributed by atoms with Crippen molar-refractivity contribution < 1.29 is 4.92 Å². The maximum Gasteiger partial charge on any atom is 0.269 e. The minimum Gasteiger partial charge on any atom is -0.258 e. The second-order valence-corrected chi connectivity index (χ2v) is 4.77.